The van der Waals surface area contributed by atoms with Crippen molar-refractivity contribution in [3.63, 3.8) is 0 Å². The van der Waals surface area contributed by atoms with Gasteiger partial charge in [-0.15, -0.1) is 0 Å². The van der Waals surface area contributed by atoms with E-state index in [2.05, 4.69) is 27.5 Å². The van der Waals surface area contributed by atoms with Crippen molar-refractivity contribution in [1.29, 1.82) is 0 Å². The van der Waals surface area contributed by atoms with E-state index in [4.69, 9.17) is 4.74 Å². The van der Waals surface area contributed by atoms with E-state index in [1.807, 2.05) is 42.5 Å². The number of para-hydroxylation sites is 1. The van der Waals surface area contributed by atoms with Crippen molar-refractivity contribution in [2.24, 2.45) is 5.92 Å². The smallest absolute Gasteiger partial charge is 0.232 e. The zero-order valence-corrected chi connectivity index (χ0v) is 14.5. The Balaban J connectivity index is 1.36. The fourth-order valence-corrected chi connectivity index (χ4v) is 3.23. The number of rotatable bonds is 6. The molecule has 1 amide bonds. The molecule has 1 aliphatic carbocycles. The predicted molar refractivity (Wildman–Crippen MR) is 98.4 cm³/mol. The number of benzene rings is 2. The average molecular weight is 348 g/mol. The highest BCUT2D eigenvalue weighted by Gasteiger charge is 2.39. The van der Waals surface area contributed by atoms with Gasteiger partial charge in [0.05, 0.1) is 12.8 Å². The Morgan fingerprint density at radius 3 is 2.69 bits per heavy atom. The third kappa shape index (κ3) is 3.44. The van der Waals surface area contributed by atoms with E-state index in [-0.39, 0.29) is 5.91 Å². The molecule has 6 nitrogen and oxygen atoms in total. The van der Waals surface area contributed by atoms with Crippen molar-refractivity contribution in [2.75, 3.05) is 12.4 Å². The van der Waals surface area contributed by atoms with Gasteiger partial charge >= 0.3 is 0 Å². The first-order chi connectivity index (χ1) is 12.7. The monoisotopic (exact) mass is 348 g/mol. The molecule has 1 saturated carbocycles. The van der Waals surface area contributed by atoms with E-state index < -0.39 is 0 Å². The lowest BCUT2D eigenvalue weighted by atomic mass is 10.1. The molecule has 4 rings (SSSR count). The van der Waals surface area contributed by atoms with Crippen molar-refractivity contribution in [1.82, 2.24) is 14.8 Å². The molecule has 1 N–H and O–H groups in total. The van der Waals surface area contributed by atoms with Crippen LogP contribution in [0, 0.1) is 5.92 Å². The number of nitrogens with one attached hydrogen (secondary N) is 1. The van der Waals surface area contributed by atoms with Gasteiger partial charge < -0.3 is 4.74 Å². The Hall–Kier alpha value is -3.15. The van der Waals surface area contributed by atoms with Gasteiger partial charge in [-0.25, -0.2) is 0 Å². The van der Waals surface area contributed by atoms with Crippen LogP contribution < -0.4 is 10.1 Å². The van der Waals surface area contributed by atoms with Crippen LogP contribution in [-0.2, 0) is 4.79 Å². The van der Waals surface area contributed by atoms with E-state index in [1.54, 1.807) is 11.8 Å². The summed E-state index contributed by atoms with van der Waals surface area (Å²) in [4.78, 5) is 16.6. The molecule has 2 aromatic carbocycles. The Labute approximate surface area is 151 Å². The van der Waals surface area contributed by atoms with Gasteiger partial charge in [0.25, 0.3) is 0 Å². The van der Waals surface area contributed by atoms with Crippen molar-refractivity contribution in [3.05, 3.63) is 66.5 Å². The van der Waals surface area contributed by atoms with Gasteiger partial charge in [0.15, 0.2) is 0 Å². The third-order valence-corrected chi connectivity index (χ3v) is 4.71. The molecule has 0 aliphatic heterocycles. The van der Waals surface area contributed by atoms with Crippen LogP contribution in [-0.4, -0.2) is 27.8 Å². The van der Waals surface area contributed by atoms with E-state index in [9.17, 15) is 4.79 Å². The van der Waals surface area contributed by atoms with Gasteiger partial charge in [0.2, 0.25) is 11.9 Å². The number of ether oxygens (including phenoxy) is 1. The lowest BCUT2D eigenvalue weighted by Crippen LogP contribution is -2.16. The molecule has 6 heteroatoms. The standard InChI is InChI=1S/C20H20N4O2/c1-26-17-9-7-14(8-10-17)18-11-15(18)12-19(25)23-20-21-13-22-24(20)16-5-3-2-4-6-16/h2-10,13,15,18H,11-12H2,1H3,(H,21,22,23,25)/t15-,18-/m1/s1. The van der Waals surface area contributed by atoms with Crippen LogP contribution in [0.25, 0.3) is 5.69 Å². The Morgan fingerprint density at radius 2 is 1.96 bits per heavy atom. The van der Waals surface area contributed by atoms with Crippen LogP contribution in [0.1, 0.15) is 24.3 Å². The molecule has 1 aromatic heterocycles. The number of hydrogen-bond acceptors (Lipinski definition) is 4. The number of carbonyl (C=O) groups excluding carboxylic acids is 1. The van der Waals surface area contributed by atoms with Gasteiger partial charge in [-0.2, -0.15) is 14.8 Å². The lowest BCUT2D eigenvalue weighted by molar-refractivity contribution is -0.116. The molecule has 0 bridgehead atoms. The second kappa shape index (κ2) is 7.00. The molecule has 3 aromatic rings. The van der Waals surface area contributed by atoms with E-state index in [1.165, 1.54) is 11.9 Å². The maximum atomic E-state index is 12.4. The first-order valence-electron chi connectivity index (χ1n) is 8.64. The summed E-state index contributed by atoms with van der Waals surface area (Å²) >= 11 is 0. The summed E-state index contributed by atoms with van der Waals surface area (Å²) in [7, 11) is 1.66. The normalized spacial score (nSPS) is 18.3. The quantitative estimate of drug-likeness (QED) is 0.741. The van der Waals surface area contributed by atoms with Crippen LogP contribution in [0.3, 0.4) is 0 Å². The number of amides is 1. The summed E-state index contributed by atoms with van der Waals surface area (Å²) in [5, 5.41) is 7.07. The van der Waals surface area contributed by atoms with Gasteiger partial charge in [-0.05, 0) is 48.1 Å². The molecule has 26 heavy (non-hydrogen) atoms. The molecular formula is C20H20N4O2. The van der Waals surface area contributed by atoms with Gasteiger partial charge in [0.1, 0.15) is 12.1 Å². The molecule has 2 atom stereocenters. The topological polar surface area (TPSA) is 69.0 Å². The highest BCUT2D eigenvalue weighted by Crippen LogP contribution is 2.49. The SMILES string of the molecule is COc1ccc([C@H]2C[C@@H]2CC(=O)Nc2ncnn2-c2ccccc2)cc1. The summed E-state index contributed by atoms with van der Waals surface area (Å²) < 4.78 is 6.82. The van der Waals surface area contributed by atoms with Crippen LogP contribution in [0.15, 0.2) is 60.9 Å². The first-order valence-corrected chi connectivity index (χ1v) is 8.64. The minimum atomic E-state index is -0.0313. The van der Waals surface area contributed by atoms with E-state index in [0.717, 1.165) is 17.9 Å². The molecule has 0 saturated heterocycles. The molecule has 0 radical (unpaired) electrons. The summed E-state index contributed by atoms with van der Waals surface area (Å²) in [6.07, 6.45) is 2.96. The Bertz CT molecular complexity index is 890. The Kier molecular flexibility index (Phi) is 4.39. The van der Waals surface area contributed by atoms with Crippen LogP contribution >= 0.6 is 0 Å². The van der Waals surface area contributed by atoms with Gasteiger partial charge in [0, 0.05) is 6.42 Å². The highest BCUT2D eigenvalue weighted by atomic mass is 16.5. The van der Waals surface area contributed by atoms with Crippen molar-refractivity contribution >= 4 is 11.9 Å². The summed E-state index contributed by atoms with van der Waals surface area (Å²) in [5.41, 5.74) is 2.12. The largest absolute Gasteiger partial charge is 0.497 e. The number of hydrogen-bond donors (Lipinski definition) is 1. The molecule has 1 fully saturated rings. The number of aromatic nitrogens is 3. The predicted octanol–water partition coefficient (Wildman–Crippen LogP) is 3.41. The van der Waals surface area contributed by atoms with Crippen molar-refractivity contribution in [3.8, 4) is 11.4 Å². The number of anilines is 1. The van der Waals surface area contributed by atoms with Gasteiger partial charge in [-0.1, -0.05) is 30.3 Å². The maximum absolute atomic E-state index is 12.4. The molecule has 0 unspecified atom stereocenters. The maximum Gasteiger partial charge on any atom is 0.232 e. The molecular weight excluding hydrogens is 328 g/mol. The van der Waals surface area contributed by atoms with Crippen molar-refractivity contribution in [2.45, 2.75) is 18.8 Å². The first kappa shape index (κ1) is 16.3. The zero-order valence-electron chi connectivity index (χ0n) is 14.5. The zero-order chi connectivity index (χ0) is 17.9. The van der Waals surface area contributed by atoms with E-state index >= 15 is 0 Å². The third-order valence-electron chi connectivity index (χ3n) is 4.71. The molecule has 1 aliphatic rings. The second-order valence-corrected chi connectivity index (χ2v) is 6.46. The number of nitrogens with zero attached hydrogens (tertiary/aromatic N) is 3. The highest BCUT2D eigenvalue weighted by molar-refractivity contribution is 5.89. The molecule has 1 heterocycles. The molecule has 132 valence electrons. The second-order valence-electron chi connectivity index (χ2n) is 6.46. The van der Waals surface area contributed by atoms with Crippen LogP contribution in [0.4, 0.5) is 5.95 Å². The van der Waals surface area contributed by atoms with E-state index in [0.29, 0.717) is 24.2 Å². The number of carbonyl (C=O) groups is 1. The fraction of sp³-hybridized carbons (Fsp3) is 0.250. The fourth-order valence-electron chi connectivity index (χ4n) is 3.23. The van der Waals surface area contributed by atoms with Crippen LogP contribution in [0.5, 0.6) is 5.75 Å². The average Bonchev–Trinajstić information content (AvgIpc) is 3.28. The van der Waals surface area contributed by atoms with Crippen LogP contribution in [0.2, 0.25) is 0 Å². The summed E-state index contributed by atoms with van der Waals surface area (Å²) in [6, 6.07) is 17.7. The summed E-state index contributed by atoms with van der Waals surface area (Å²) in [6.45, 7) is 0. The minimum Gasteiger partial charge on any atom is -0.497 e. The van der Waals surface area contributed by atoms with Gasteiger partial charge in [-0.3, -0.25) is 10.1 Å². The Morgan fingerprint density at radius 1 is 1.19 bits per heavy atom. The van der Waals surface area contributed by atoms with Crippen molar-refractivity contribution < 1.29 is 9.53 Å². The minimum absolute atomic E-state index is 0.0313. The summed E-state index contributed by atoms with van der Waals surface area (Å²) in [5.74, 6) is 2.08. The lowest BCUT2D eigenvalue weighted by Gasteiger charge is -2.07. The molecule has 0 spiro atoms. The number of methoxy groups -OCH3 is 1.